The number of nitrogens with zero attached hydrogens (tertiary/aromatic N) is 3. The third kappa shape index (κ3) is 7.47. The number of anilines is 1. The summed E-state index contributed by atoms with van der Waals surface area (Å²) in [6.07, 6.45) is 4.67. The number of amides is 2. The Bertz CT molecular complexity index is 1450. The van der Waals surface area contributed by atoms with Gasteiger partial charge in [0.05, 0.1) is 16.8 Å². The number of benzene rings is 3. The first-order valence-corrected chi connectivity index (χ1v) is 14.7. The van der Waals surface area contributed by atoms with Crippen molar-refractivity contribution in [2.24, 2.45) is 5.10 Å². The number of hydrogen-bond acceptors (Lipinski definition) is 6. The zero-order valence-corrected chi connectivity index (χ0v) is 23.6. The van der Waals surface area contributed by atoms with Crippen LogP contribution in [0.4, 0.5) is 5.69 Å². The fraction of sp³-hybridized carbons (Fsp3) is 0.300. The van der Waals surface area contributed by atoms with Gasteiger partial charge in [0.1, 0.15) is 12.3 Å². The lowest BCUT2D eigenvalue weighted by molar-refractivity contribution is -0.134. The highest BCUT2D eigenvalue weighted by atomic mass is 32.2. The van der Waals surface area contributed by atoms with E-state index in [1.54, 1.807) is 55.5 Å². The second kappa shape index (κ2) is 13.3. The molecule has 1 N–H and O–H groups in total. The molecule has 0 unspecified atom stereocenters. The van der Waals surface area contributed by atoms with Gasteiger partial charge in [-0.3, -0.25) is 13.9 Å². The van der Waals surface area contributed by atoms with Crippen LogP contribution in [-0.4, -0.2) is 57.6 Å². The molecular weight excluding hydrogens is 528 g/mol. The van der Waals surface area contributed by atoms with Crippen LogP contribution >= 0.6 is 0 Å². The van der Waals surface area contributed by atoms with Crippen molar-refractivity contribution < 1.29 is 22.7 Å². The molecule has 40 heavy (non-hydrogen) atoms. The van der Waals surface area contributed by atoms with Crippen LogP contribution in [0.3, 0.4) is 0 Å². The molecule has 2 amide bonds. The van der Waals surface area contributed by atoms with Gasteiger partial charge in [0.15, 0.2) is 6.61 Å². The normalized spacial score (nSPS) is 13.7. The summed E-state index contributed by atoms with van der Waals surface area (Å²) in [6.45, 7) is 4.77. The van der Waals surface area contributed by atoms with Gasteiger partial charge < -0.3 is 9.64 Å². The summed E-state index contributed by atoms with van der Waals surface area (Å²) in [4.78, 5) is 27.0. The standard InChI is InChI=1S/C30H34N4O5S/c1-23-11-12-24(2)28(19-23)34(40(37,38)27-9-5-3-6-10-27)21-29(35)32-31-20-25-13-15-26(16-14-25)39-22-30(36)33-17-7-4-8-18-33/h3,5-6,9-16,19-20H,4,7-8,17-18,21-22H2,1-2H3,(H,32,35)/b31-20-. The van der Waals surface area contributed by atoms with Crippen molar-refractivity contribution in [2.75, 3.05) is 30.5 Å². The molecule has 1 heterocycles. The van der Waals surface area contributed by atoms with Gasteiger partial charge >= 0.3 is 0 Å². The quantitative estimate of drug-likeness (QED) is 0.296. The summed E-state index contributed by atoms with van der Waals surface area (Å²) in [5, 5.41) is 4.00. The molecule has 0 bridgehead atoms. The summed E-state index contributed by atoms with van der Waals surface area (Å²) in [7, 11) is -4.01. The SMILES string of the molecule is Cc1ccc(C)c(N(CC(=O)N/N=C\c2ccc(OCC(=O)N3CCCCC3)cc2)S(=O)(=O)c2ccccc2)c1. The van der Waals surface area contributed by atoms with E-state index in [0.717, 1.165) is 47.8 Å². The number of rotatable bonds is 10. The van der Waals surface area contributed by atoms with Gasteiger partial charge in [-0.2, -0.15) is 5.10 Å². The van der Waals surface area contributed by atoms with E-state index in [-0.39, 0.29) is 17.4 Å². The average molecular weight is 563 g/mol. The molecule has 1 saturated heterocycles. The number of carbonyl (C=O) groups excluding carboxylic acids is 2. The van der Waals surface area contributed by atoms with Crippen molar-refractivity contribution in [3.8, 4) is 5.75 Å². The minimum atomic E-state index is -4.01. The summed E-state index contributed by atoms with van der Waals surface area (Å²) in [6, 6.07) is 20.4. The molecule has 210 valence electrons. The molecule has 4 rings (SSSR count). The molecular formula is C30H34N4O5S. The maximum absolute atomic E-state index is 13.5. The summed E-state index contributed by atoms with van der Waals surface area (Å²) in [5.74, 6) is -0.0492. The Balaban J connectivity index is 1.38. The number of aryl methyl sites for hydroxylation is 2. The highest BCUT2D eigenvalue weighted by molar-refractivity contribution is 7.92. The second-order valence-electron chi connectivity index (χ2n) is 9.71. The average Bonchev–Trinajstić information content (AvgIpc) is 2.97. The lowest BCUT2D eigenvalue weighted by Crippen LogP contribution is -2.40. The van der Waals surface area contributed by atoms with Crippen molar-refractivity contribution in [1.82, 2.24) is 10.3 Å². The Labute approximate surface area is 235 Å². The van der Waals surface area contributed by atoms with Gasteiger partial charge in [0.2, 0.25) is 0 Å². The van der Waals surface area contributed by atoms with Crippen molar-refractivity contribution in [3.63, 3.8) is 0 Å². The van der Waals surface area contributed by atoms with Gasteiger partial charge in [0, 0.05) is 13.1 Å². The predicted octanol–water partition coefficient (Wildman–Crippen LogP) is 4.04. The smallest absolute Gasteiger partial charge is 0.264 e. The molecule has 0 atom stereocenters. The van der Waals surface area contributed by atoms with Crippen LogP contribution < -0.4 is 14.5 Å². The maximum atomic E-state index is 13.5. The number of hydrogen-bond donors (Lipinski definition) is 1. The summed E-state index contributed by atoms with van der Waals surface area (Å²) < 4.78 is 33.8. The van der Waals surface area contributed by atoms with E-state index in [4.69, 9.17) is 4.74 Å². The first-order chi connectivity index (χ1) is 19.2. The Morgan fingerprint density at radius 2 is 1.68 bits per heavy atom. The Hall–Kier alpha value is -4.18. The van der Waals surface area contributed by atoms with E-state index in [1.807, 2.05) is 24.0 Å². The molecule has 3 aromatic carbocycles. The molecule has 1 aliphatic heterocycles. The van der Waals surface area contributed by atoms with Crippen LogP contribution in [0.25, 0.3) is 0 Å². The van der Waals surface area contributed by atoms with E-state index < -0.39 is 22.5 Å². The highest BCUT2D eigenvalue weighted by Gasteiger charge is 2.28. The van der Waals surface area contributed by atoms with E-state index in [9.17, 15) is 18.0 Å². The number of hydrazone groups is 1. The van der Waals surface area contributed by atoms with Crippen LogP contribution in [-0.2, 0) is 19.6 Å². The van der Waals surface area contributed by atoms with Crippen molar-refractivity contribution >= 4 is 33.7 Å². The zero-order valence-electron chi connectivity index (χ0n) is 22.7. The van der Waals surface area contributed by atoms with E-state index in [0.29, 0.717) is 17.0 Å². The largest absolute Gasteiger partial charge is 0.484 e. The third-order valence-electron chi connectivity index (χ3n) is 6.61. The third-order valence-corrected chi connectivity index (χ3v) is 8.38. The lowest BCUT2D eigenvalue weighted by Gasteiger charge is -2.26. The molecule has 9 nitrogen and oxygen atoms in total. The zero-order chi connectivity index (χ0) is 28.5. The summed E-state index contributed by atoms with van der Waals surface area (Å²) in [5.41, 5.74) is 5.14. The molecule has 1 aliphatic rings. The molecule has 0 saturated carbocycles. The van der Waals surface area contributed by atoms with Crippen LogP contribution in [0.15, 0.2) is 82.8 Å². The van der Waals surface area contributed by atoms with Crippen molar-refractivity contribution in [3.05, 3.63) is 89.5 Å². The van der Waals surface area contributed by atoms with Gasteiger partial charge in [-0.05, 0) is 92.3 Å². The van der Waals surface area contributed by atoms with E-state index in [2.05, 4.69) is 10.5 Å². The number of likely N-dealkylation sites (tertiary alicyclic amines) is 1. The highest BCUT2D eigenvalue weighted by Crippen LogP contribution is 2.27. The monoisotopic (exact) mass is 562 g/mol. The molecule has 3 aromatic rings. The number of carbonyl (C=O) groups is 2. The van der Waals surface area contributed by atoms with Gasteiger partial charge in [-0.25, -0.2) is 13.8 Å². The number of piperidine rings is 1. The van der Waals surface area contributed by atoms with E-state index in [1.165, 1.54) is 18.3 Å². The summed E-state index contributed by atoms with van der Waals surface area (Å²) >= 11 is 0. The topological polar surface area (TPSA) is 108 Å². The minimum absolute atomic E-state index is 0.00764. The van der Waals surface area contributed by atoms with Crippen molar-refractivity contribution in [2.45, 2.75) is 38.0 Å². The molecule has 0 spiro atoms. The number of sulfonamides is 1. The van der Waals surface area contributed by atoms with E-state index >= 15 is 0 Å². The van der Waals surface area contributed by atoms with Crippen LogP contribution in [0.2, 0.25) is 0 Å². The van der Waals surface area contributed by atoms with Gasteiger partial charge in [-0.1, -0.05) is 30.3 Å². The Kier molecular flexibility index (Phi) is 9.55. The molecule has 0 aliphatic carbocycles. The molecule has 0 aromatic heterocycles. The lowest BCUT2D eigenvalue weighted by atomic mass is 10.1. The predicted molar refractivity (Wildman–Crippen MR) is 155 cm³/mol. The molecule has 10 heteroatoms. The molecule has 0 radical (unpaired) electrons. The Morgan fingerprint density at radius 3 is 2.38 bits per heavy atom. The fourth-order valence-electron chi connectivity index (χ4n) is 4.38. The molecule has 1 fully saturated rings. The minimum Gasteiger partial charge on any atom is -0.484 e. The fourth-order valence-corrected chi connectivity index (χ4v) is 5.88. The van der Waals surface area contributed by atoms with Crippen LogP contribution in [0.5, 0.6) is 5.75 Å². The van der Waals surface area contributed by atoms with Crippen LogP contribution in [0.1, 0.15) is 36.0 Å². The van der Waals surface area contributed by atoms with Gasteiger partial charge in [-0.15, -0.1) is 0 Å². The van der Waals surface area contributed by atoms with Crippen molar-refractivity contribution in [1.29, 1.82) is 0 Å². The number of ether oxygens (including phenoxy) is 1. The number of nitrogens with one attached hydrogen (secondary N) is 1. The van der Waals surface area contributed by atoms with Crippen LogP contribution in [0, 0.1) is 13.8 Å². The first-order valence-electron chi connectivity index (χ1n) is 13.2. The first kappa shape index (κ1) is 28.8. The second-order valence-corrected chi connectivity index (χ2v) is 11.6. The van der Waals surface area contributed by atoms with Gasteiger partial charge in [0.25, 0.3) is 21.8 Å². The maximum Gasteiger partial charge on any atom is 0.264 e. The Morgan fingerprint density at radius 1 is 0.975 bits per heavy atom.